The number of Topliss-reactive ketones (excluding diaryl/α,β-unsaturated/α-hetero) is 1. The number of nitrogens with zero attached hydrogens (tertiary/aromatic N) is 1. The van der Waals surface area contributed by atoms with Gasteiger partial charge in [0.05, 0.1) is 0 Å². The molecule has 0 amide bonds. The minimum absolute atomic E-state index is 0.00574. The van der Waals surface area contributed by atoms with Crippen LogP contribution < -0.4 is 0 Å². The van der Waals surface area contributed by atoms with E-state index in [0.717, 1.165) is 0 Å². The van der Waals surface area contributed by atoms with Gasteiger partial charge in [-0.15, -0.1) is 0 Å². The zero-order valence-corrected chi connectivity index (χ0v) is 9.88. The van der Waals surface area contributed by atoms with Crippen LogP contribution in [0.1, 0.15) is 17.3 Å². The lowest BCUT2D eigenvalue weighted by atomic mass is 10.1. The summed E-state index contributed by atoms with van der Waals surface area (Å²) in [7, 11) is 3.77. The summed E-state index contributed by atoms with van der Waals surface area (Å²) < 4.78 is 0. The number of rotatable bonds is 3. The van der Waals surface area contributed by atoms with E-state index in [0.29, 0.717) is 16.2 Å². The van der Waals surface area contributed by atoms with E-state index < -0.39 is 0 Å². The fraction of sp³-hybridized carbons (Fsp3) is 0.250. The lowest BCUT2D eigenvalue weighted by Gasteiger charge is -2.07. The Balaban J connectivity index is 2.95. The van der Waals surface area contributed by atoms with Gasteiger partial charge in [0, 0.05) is 36.5 Å². The molecule has 0 aliphatic carbocycles. The molecule has 1 aromatic carbocycles. The Morgan fingerprint density at radius 2 is 2.07 bits per heavy atom. The summed E-state index contributed by atoms with van der Waals surface area (Å²) in [5.74, 6) is 0.00574. The van der Waals surface area contributed by atoms with Gasteiger partial charge in [0.25, 0.3) is 0 Å². The van der Waals surface area contributed by atoms with Gasteiger partial charge >= 0.3 is 0 Å². The first-order valence-corrected chi connectivity index (χ1v) is 5.03. The van der Waals surface area contributed by atoms with Crippen molar-refractivity contribution in [1.82, 2.24) is 4.90 Å². The minimum atomic E-state index is 0.00574. The molecule has 0 spiro atoms. The van der Waals surface area contributed by atoms with Crippen LogP contribution in [-0.4, -0.2) is 24.8 Å². The minimum Gasteiger partial charge on any atom is -0.383 e. The fourth-order valence-corrected chi connectivity index (χ4v) is 1.49. The Labute approximate surface area is 95.2 Å². The van der Waals surface area contributed by atoms with Crippen molar-refractivity contribution in [1.29, 1.82) is 0 Å². The second-order valence-electron chi connectivity index (χ2n) is 3.62. The third-order valence-corrected chi connectivity index (χ3v) is 2.13. The molecule has 1 aromatic rings. The maximum absolute atomic E-state index is 11.9. The van der Waals surface area contributed by atoms with Crippen molar-refractivity contribution in [2.45, 2.75) is 6.92 Å². The largest absolute Gasteiger partial charge is 0.383 e. The summed E-state index contributed by atoms with van der Waals surface area (Å²) >= 11 is 5.82. The smallest absolute Gasteiger partial charge is 0.190 e. The molecule has 0 saturated heterocycles. The van der Waals surface area contributed by atoms with Crippen LogP contribution in [0.3, 0.4) is 0 Å². The Bertz CT molecular complexity index is 396. The van der Waals surface area contributed by atoms with Gasteiger partial charge in [-0.1, -0.05) is 23.7 Å². The molecule has 0 radical (unpaired) electrons. The molecule has 0 atom stereocenters. The molecule has 0 fully saturated rings. The maximum Gasteiger partial charge on any atom is 0.190 e. The maximum atomic E-state index is 11.9. The summed E-state index contributed by atoms with van der Waals surface area (Å²) in [5, 5.41) is 0.582. The first-order chi connectivity index (χ1) is 7.00. The van der Waals surface area contributed by atoms with E-state index in [1.165, 1.54) is 0 Å². The highest BCUT2D eigenvalue weighted by Crippen LogP contribution is 2.14. The highest BCUT2D eigenvalue weighted by Gasteiger charge is 2.08. The molecule has 15 heavy (non-hydrogen) atoms. The SMILES string of the molecule is CC(=CN(C)C)C(=O)c1cccc(Cl)c1. The van der Waals surface area contributed by atoms with E-state index in [-0.39, 0.29) is 5.78 Å². The van der Waals surface area contributed by atoms with E-state index in [1.54, 1.807) is 37.4 Å². The number of ketones is 1. The van der Waals surface area contributed by atoms with Crippen LogP contribution >= 0.6 is 11.6 Å². The Morgan fingerprint density at radius 3 is 2.60 bits per heavy atom. The van der Waals surface area contributed by atoms with Crippen molar-refractivity contribution in [2.24, 2.45) is 0 Å². The topological polar surface area (TPSA) is 20.3 Å². The third kappa shape index (κ3) is 3.40. The predicted octanol–water partition coefficient (Wildman–Crippen LogP) is 2.99. The van der Waals surface area contributed by atoms with Crippen LogP contribution in [0.5, 0.6) is 0 Å². The number of allylic oxidation sites excluding steroid dienone is 1. The van der Waals surface area contributed by atoms with Crippen LogP contribution in [0, 0.1) is 0 Å². The predicted molar refractivity (Wildman–Crippen MR) is 63.2 cm³/mol. The van der Waals surface area contributed by atoms with Gasteiger partial charge in [-0.25, -0.2) is 0 Å². The molecular weight excluding hydrogens is 210 g/mol. The molecule has 0 aliphatic rings. The average Bonchev–Trinajstić information content (AvgIpc) is 2.15. The Hall–Kier alpha value is -1.28. The van der Waals surface area contributed by atoms with Gasteiger partial charge < -0.3 is 4.90 Å². The standard InChI is InChI=1S/C12H14ClNO/c1-9(8-14(2)3)12(15)10-5-4-6-11(13)7-10/h4-8H,1-3H3. The van der Waals surface area contributed by atoms with Crippen LogP contribution in [-0.2, 0) is 0 Å². The number of halogens is 1. The molecule has 1 rings (SSSR count). The third-order valence-electron chi connectivity index (χ3n) is 1.90. The molecule has 0 heterocycles. The van der Waals surface area contributed by atoms with Gasteiger partial charge in [-0.3, -0.25) is 4.79 Å². The van der Waals surface area contributed by atoms with E-state index >= 15 is 0 Å². The summed E-state index contributed by atoms with van der Waals surface area (Å²) in [6.45, 7) is 1.79. The van der Waals surface area contributed by atoms with Gasteiger partial charge in [0.15, 0.2) is 5.78 Å². The molecule has 0 N–H and O–H groups in total. The van der Waals surface area contributed by atoms with Crippen molar-refractivity contribution < 1.29 is 4.79 Å². The number of hydrogen-bond acceptors (Lipinski definition) is 2. The number of benzene rings is 1. The van der Waals surface area contributed by atoms with Gasteiger partial charge in [-0.05, 0) is 19.1 Å². The number of carbonyl (C=O) groups is 1. The van der Waals surface area contributed by atoms with Crippen LogP contribution in [0.25, 0.3) is 0 Å². The summed E-state index contributed by atoms with van der Waals surface area (Å²) in [6, 6.07) is 6.97. The van der Waals surface area contributed by atoms with Crippen LogP contribution in [0.15, 0.2) is 36.0 Å². The average molecular weight is 224 g/mol. The molecule has 2 nitrogen and oxygen atoms in total. The molecule has 0 aromatic heterocycles. The molecule has 0 bridgehead atoms. The second-order valence-corrected chi connectivity index (χ2v) is 4.05. The fourth-order valence-electron chi connectivity index (χ4n) is 1.30. The quantitative estimate of drug-likeness (QED) is 0.580. The first kappa shape index (κ1) is 11.8. The lowest BCUT2D eigenvalue weighted by molar-refractivity contribution is 0.103. The van der Waals surface area contributed by atoms with E-state index in [4.69, 9.17) is 11.6 Å². The lowest BCUT2D eigenvalue weighted by Crippen LogP contribution is -2.07. The number of hydrogen-bond donors (Lipinski definition) is 0. The molecule has 80 valence electrons. The summed E-state index contributed by atoms with van der Waals surface area (Å²) in [4.78, 5) is 13.7. The highest BCUT2D eigenvalue weighted by molar-refractivity contribution is 6.31. The van der Waals surface area contributed by atoms with Crippen molar-refractivity contribution in [3.63, 3.8) is 0 Å². The Morgan fingerprint density at radius 1 is 1.40 bits per heavy atom. The zero-order chi connectivity index (χ0) is 11.4. The molecular formula is C12H14ClNO. The normalized spacial score (nSPS) is 11.3. The number of carbonyl (C=O) groups excluding carboxylic acids is 1. The van der Waals surface area contributed by atoms with E-state index in [2.05, 4.69) is 0 Å². The van der Waals surface area contributed by atoms with Crippen LogP contribution in [0.2, 0.25) is 5.02 Å². The van der Waals surface area contributed by atoms with Crippen molar-refractivity contribution in [3.8, 4) is 0 Å². The summed E-state index contributed by atoms with van der Waals surface area (Å²) in [5.41, 5.74) is 1.32. The molecule has 0 aliphatic heterocycles. The Kier molecular flexibility index (Phi) is 3.92. The van der Waals surface area contributed by atoms with Crippen molar-refractivity contribution in [2.75, 3.05) is 14.1 Å². The second kappa shape index (κ2) is 4.99. The van der Waals surface area contributed by atoms with Crippen molar-refractivity contribution in [3.05, 3.63) is 46.6 Å². The van der Waals surface area contributed by atoms with Gasteiger partial charge in [-0.2, -0.15) is 0 Å². The first-order valence-electron chi connectivity index (χ1n) is 4.66. The van der Waals surface area contributed by atoms with Gasteiger partial charge in [0.1, 0.15) is 0 Å². The monoisotopic (exact) mass is 223 g/mol. The molecule has 3 heteroatoms. The van der Waals surface area contributed by atoms with Crippen LogP contribution in [0.4, 0.5) is 0 Å². The molecule has 0 unspecified atom stereocenters. The van der Waals surface area contributed by atoms with Crippen molar-refractivity contribution >= 4 is 17.4 Å². The van der Waals surface area contributed by atoms with E-state index in [1.807, 2.05) is 19.0 Å². The molecule has 0 saturated carbocycles. The summed E-state index contributed by atoms with van der Waals surface area (Å²) in [6.07, 6.45) is 1.79. The highest BCUT2D eigenvalue weighted by atomic mass is 35.5. The zero-order valence-electron chi connectivity index (χ0n) is 9.12. The van der Waals surface area contributed by atoms with Gasteiger partial charge in [0.2, 0.25) is 0 Å². The van der Waals surface area contributed by atoms with E-state index in [9.17, 15) is 4.79 Å².